The van der Waals surface area contributed by atoms with Crippen LogP contribution in [0.5, 0.6) is 11.5 Å². The minimum atomic E-state index is -8.70. The standard InChI is InChI=1S/C44H52F17NO7Si/c1-9-66-34(63)25-28(6)11-10-12-29(7)35(69-36(64)62-31-15-19-32(65-8)20-16-31)30-13-17-33(18-14-30)67-22-23-68-70(26(2)3,27(4)5)24-21-37(45,46)38(47,48)39(49,50)40(51,52)41(53,54)42(55,56)43(57,58)44(59,60)61/h10-11,13-20,25-27,29,35H,9,12,21-24H2,1-8H3,(H,62,64)/b11-10+,28-25+/t29-,35+/m1/s1. The van der Waals surface area contributed by atoms with Crippen molar-refractivity contribution in [3.63, 3.8) is 0 Å². The largest absolute Gasteiger partial charge is 0.497 e. The molecular weight excluding hydrogens is 1010 g/mol. The number of carbonyl (C=O) groups excluding carboxylic acids is 2. The van der Waals surface area contributed by atoms with Crippen LogP contribution in [0.1, 0.15) is 73.0 Å². The van der Waals surface area contributed by atoms with E-state index >= 15 is 8.78 Å². The van der Waals surface area contributed by atoms with E-state index in [4.69, 9.17) is 23.4 Å². The van der Waals surface area contributed by atoms with Crippen LogP contribution in [0, 0.1) is 5.92 Å². The summed E-state index contributed by atoms with van der Waals surface area (Å²) >= 11 is 0. The number of rotatable bonds is 26. The van der Waals surface area contributed by atoms with Crippen LogP contribution in [0.3, 0.4) is 0 Å². The van der Waals surface area contributed by atoms with Crippen LogP contribution in [0.2, 0.25) is 17.1 Å². The summed E-state index contributed by atoms with van der Waals surface area (Å²) in [6.07, 6.45) is -7.14. The Labute approximate surface area is 393 Å². The van der Waals surface area contributed by atoms with Crippen LogP contribution < -0.4 is 14.8 Å². The number of amides is 1. The monoisotopic (exact) mass is 1060 g/mol. The van der Waals surface area contributed by atoms with Gasteiger partial charge in [-0.15, -0.1) is 0 Å². The Bertz CT molecular complexity index is 2070. The summed E-state index contributed by atoms with van der Waals surface area (Å²) in [5.74, 6) is -57.2. The van der Waals surface area contributed by atoms with Gasteiger partial charge in [-0.1, -0.05) is 58.9 Å². The summed E-state index contributed by atoms with van der Waals surface area (Å²) in [6.45, 7) is 9.60. The van der Waals surface area contributed by atoms with Gasteiger partial charge in [0.2, 0.25) is 0 Å². The fourth-order valence-electron chi connectivity index (χ4n) is 6.96. The van der Waals surface area contributed by atoms with E-state index in [1.54, 1.807) is 57.2 Å². The van der Waals surface area contributed by atoms with Crippen molar-refractivity contribution in [3.8, 4) is 11.5 Å². The topological polar surface area (TPSA) is 92.3 Å². The lowest BCUT2D eigenvalue weighted by molar-refractivity contribution is -0.461. The number of halogens is 17. The molecule has 0 unspecified atom stereocenters. The fraction of sp³-hybridized carbons (Fsp3) is 0.591. The summed E-state index contributed by atoms with van der Waals surface area (Å²) in [4.78, 5) is 24.9. The van der Waals surface area contributed by atoms with Gasteiger partial charge in [-0.25, -0.2) is 9.59 Å². The van der Waals surface area contributed by atoms with Crippen molar-refractivity contribution in [2.45, 2.75) is 132 Å². The maximum atomic E-state index is 15.1. The van der Waals surface area contributed by atoms with Crippen LogP contribution in [-0.4, -0.2) is 94.9 Å². The number of anilines is 1. The van der Waals surface area contributed by atoms with Crippen molar-refractivity contribution in [2.24, 2.45) is 5.92 Å². The smallest absolute Gasteiger partial charge is 0.460 e. The van der Waals surface area contributed by atoms with E-state index in [1.165, 1.54) is 65.1 Å². The number of ether oxygens (including phenoxy) is 4. The summed E-state index contributed by atoms with van der Waals surface area (Å²) in [7, 11) is -2.57. The van der Waals surface area contributed by atoms with E-state index < -0.39 is 117 Å². The van der Waals surface area contributed by atoms with Crippen molar-refractivity contribution in [3.05, 3.63) is 77.9 Å². The molecule has 0 aliphatic heterocycles. The Morgan fingerprint density at radius 3 is 1.63 bits per heavy atom. The van der Waals surface area contributed by atoms with Crippen molar-refractivity contribution in [2.75, 3.05) is 32.2 Å². The van der Waals surface area contributed by atoms with E-state index in [-0.39, 0.29) is 12.4 Å². The van der Waals surface area contributed by atoms with Crippen LogP contribution in [-0.2, 0) is 18.7 Å². The molecule has 0 aliphatic carbocycles. The molecule has 0 bridgehead atoms. The molecule has 0 aromatic heterocycles. The number of esters is 1. The Kier molecular flexibility index (Phi) is 20.3. The lowest BCUT2D eigenvalue weighted by atomic mass is 9.88. The molecule has 0 fully saturated rings. The van der Waals surface area contributed by atoms with Crippen molar-refractivity contribution >= 4 is 26.1 Å². The lowest BCUT2D eigenvalue weighted by Gasteiger charge is -2.44. The zero-order valence-corrected chi connectivity index (χ0v) is 39.7. The average Bonchev–Trinajstić information content (AvgIpc) is 3.24. The third-order valence-corrected chi connectivity index (χ3v) is 16.8. The summed E-state index contributed by atoms with van der Waals surface area (Å²) in [5, 5.41) is 2.61. The molecule has 8 nitrogen and oxygen atoms in total. The zero-order chi connectivity index (χ0) is 54.1. The molecule has 0 saturated heterocycles. The Hall–Kier alpha value is -4.75. The van der Waals surface area contributed by atoms with Crippen LogP contribution >= 0.6 is 0 Å². The second kappa shape index (κ2) is 23.2. The Balaban J connectivity index is 2.32. The minimum absolute atomic E-state index is 0.132. The molecule has 0 radical (unpaired) electrons. The molecule has 398 valence electrons. The van der Waals surface area contributed by atoms with Gasteiger partial charge in [0.25, 0.3) is 0 Å². The highest BCUT2D eigenvalue weighted by Crippen LogP contribution is 2.64. The van der Waals surface area contributed by atoms with E-state index in [1.807, 2.05) is 0 Å². The predicted molar refractivity (Wildman–Crippen MR) is 223 cm³/mol. The van der Waals surface area contributed by atoms with Crippen molar-refractivity contribution < 1.29 is 108 Å². The van der Waals surface area contributed by atoms with Gasteiger partial charge in [0.1, 0.15) is 24.2 Å². The molecule has 2 atom stereocenters. The quantitative estimate of drug-likeness (QED) is 0.0251. The summed E-state index contributed by atoms with van der Waals surface area (Å²) in [5.41, 5.74) is -0.379. The van der Waals surface area contributed by atoms with Gasteiger partial charge in [0.15, 0.2) is 8.32 Å². The third kappa shape index (κ3) is 13.2. The number of alkyl halides is 17. The first-order chi connectivity index (χ1) is 31.8. The molecule has 2 aromatic rings. The minimum Gasteiger partial charge on any atom is -0.497 e. The van der Waals surface area contributed by atoms with Gasteiger partial charge in [0, 0.05) is 24.1 Å². The van der Waals surface area contributed by atoms with E-state index in [0.29, 0.717) is 29.0 Å². The zero-order valence-electron chi connectivity index (χ0n) is 38.7. The summed E-state index contributed by atoms with van der Waals surface area (Å²) < 4.78 is 264. The van der Waals surface area contributed by atoms with Gasteiger partial charge in [-0.05, 0) is 84.9 Å². The van der Waals surface area contributed by atoms with Gasteiger partial charge in [-0.2, -0.15) is 74.6 Å². The second-order valence-corrected chi connectivity index (χ2v) is 21.6. The number of allylic oxidation sites excluding steroid dienone is 3. The highest BCUT2D eigenvalue weighted by Gasteiger charge is 2.95. The highest BCUT2D eigenvalue weighted by atomic mass is 28.4. The fourth-order valence-corrected chi connectivity index (χ4v) is 11.4. The maximum absolute atomic E-state index is 15.1. The van der Waals surface area contributed by atoms with E-state index in [9.17, 15) is 75.4 Å². The molecule has 0 saturated carbocycles. The highest BCUT2D eigenvalue weighted by molar-refractivity contribution is 6.76. The molecule has 1 N–H and O–H groups in total. The predicted octanol–water partition coefficient (Wildman–Crippen LogP) is 14.6. The maximum Gasteiger partial charge on any atom is 0.460 e. The Morgan fingerprint density at radius 1 is 0.671 bits per heavy atom. The SMILES string of the molecule is CCOC(=O)/C=C(C)/C=C/C[C@@H](C)[C@H](OC(=O)Nc1ccc(OC)cc1)c1ccc(OCCO[Si](CCC(F)(F)C(F)(F)C(F)(F)C(F)(F)C(F)(F)C(F)(F)C(F)(F)C(F)(F)F)(C(C)C)C(C)C)cc1. The Morgan fingerprint density at radius 2 is 1.16 bits per heavy atom. The molecule has 0 heterocycles. The second-order valence-electron chi connectivity index (χ2n) is 16.6. The lowest BCUT2D eigenvalue weighted by Crippen LogP contribution is -2.74. The number of methoxy groups -OCH3 is 1. The number of nitrogens with one attached hydrogen (secondary N) is 1. The van der Waals surface area contributed by atoms with Gasteiger partial charge < -0.3 is 23.4 Å². The number of hydrogen-bond donors (Lipinski definition) is 1. The van der Waals surface area contributed by atoms with E-state index in [0.717, 1.165) is 0 Å². The number of hydrogen-bond acceptors (Lipinski definition) is 7. The van der Waals surface area contributed by atoms with Gasteiger partial charge in [0.05, 0.1) is 20.3 Å². The molecule has 2 rings (SSSR count). The molecule has 1 amide bonds. The van der Waals surface area contributed by atoms with Crippen LogP contribution in [0.15, 0.2) is 72.3 Å². The molecule has 2 aromatic carbocycles. The first-order valence-corrected chi connectivity index (χ1v) is 23.3. The molecule has 0 aliphatic rings. The van der Waals surface area contributed by atoms with Crippen molar-refractivity contribution in [1.82, 2.24) is 0 Å². The third-order valence-electron chi connectivity index (χ3n) is 11.1. The average molecular weight is 1060 g/mol. The number of benzene rings is 2. The van der Waals surface area contributed by atoms with Gasteiger partial charge in [-0.3, -0.25) is 5.32 Å². The number of carbonyl (C=O) groups is 2. The first kappa shape index (κ1) is 61.4. The normalized spacial score (nSPS) is 15.0. The molecule has 26 heteroatoms. The van der Waals surface area contributed by atoms with E-state index in [2.05, 4.69) is 5.32 Å². The van der Waals surface area contributed by atoms with Crippen LogP contribution in [0.4, 0.5) is 85.1 Å². The first-order valence-electron chi connectivity index (χ1n) is 21.1. The van der Waals surface area contributed by atoms with Crippen molar-refractivity contribution in [1.29, 1.82) is 0 Å². The summed E-state index contributed by atoms with van der Waals surface area (Å²) in [6, 6.07) is 10.9. The molecule has 70 heavy (non-hydrogen) atoms. The molecule has 0 spiro atoms. The van der Waals surface area contributed by atoms with Crippen LogP contribution in [0.25, 0.3) is 0 Å². The molecular formula is C44H52F17NO7Si. The van der Waals surface area contributed by atoms with Gasteiger partial charge >= 0.3 is 59.7 Å².